The number of hydrogen-bond donors (Lipinski definition) is 1. The highest BCUT2D eigenvalue weighted by atomic mass is 19.4. The van der Waals surface area contributed by atoms with E-state index in [1.165, 1.54) is 24.3 Å². The number of rotatable bonds is 5. The molecule has 1 atom stereocenters. The van der Waals surface area contributed by atoms with Crippen LogP contribution in [0.25, 0.3) is 0 Å². The van der Waals surface area contributed by atoms with Gasteiger partial charge in [-0.25, -0.2) is 0 Å². The van der Waals surface area contributed by atoms with Crippen molar-refractivity contribution in [2.24, 2.45) is 0 Å². The molecule has 0 aliphatic rings. The maximum absolute atomic E-state index is 12.1. The van der Waals surface area contributed by atoms with Crippen LogP contribution in [0.2, 0.25) is 0 Å². The molecule has 0 fully saturated rings. The summed E-state index contributed by atoms with van der Waals surface area (Å²) in [6.07, 6.45) is -4.46. The molecule has 2 aromatic carbocycles. The van der Waals surface area contributed by atoms with Gasteiger partial charge in [-0.15, -0.1) is 13.2 Å². The van der Waals surface area contributed by atoms with Crippen LogP contribution in [-0.4, -0.2) is 12.3 Å². The Balaban J connectivity index is 1.95. The topological polar surface area (TPSA) is 38.3 Å². The summed E-state index contributed by atoms with van der Waals surface area (Å²) in [7, 11) is 0. The largest absolute Gasteiger partial charge is 0.573 e. The molecular weight excluding hydrogens is 319 g/mol. The Kier molecular flexibility index (Phi) is 5.49. The number of benzene rings is 2. The van der Waals surface area contributed by atoms with Gasteiger partial charge in [-0.3, -0.25) is 4.79 Å². The first-order chi connectivity index (χ1) is 11.2. The van der Waals surface area contributed by atoms with Gasteiger partial charge in [0.1, 0.15) is 5.75 Å². The Morgan fingerprint density at radius 3 is 2.33 bits per heavy atom. The van der Waals surface area contributed by atoms with Gasteiger partial charge in [0.05, 0.1) is 12.5 Å². The maximum atomic E-state index is 12.1. The number of carbonyl (C=O) groups excluding carboxylic acids is 1. The van der Waals surface area contributed by atoms with Crippen molar-refractivity contribution in [2.75, 3.05) is 0 Å². The van der Waals surface area contributed by atoms with Crippen LogP contribution in [0.4, 0.5) is 13.2 Å². The summed E-state index contributed by atoms with van der Waals surface area (Å²) in [5.74, 6) is -0.433. The average Bonchev–Trinajstić information content (AvgIpc) is 2.48. The van der Waals surface area contributed by atoms with Crippen LogP contribution in [0.15, 0.2) is 48.5 Å². The van der Waals surface area contributed by atoms with Crippen LogP contribution < -0.4 is 10.1 Å². The van der Waals surface area contributed by atoms with Crippen molar-refractivity contribution in [3.05, 3.63) is 65.2 Å². The summed E-state index contributed by atoms with van der Waals surface area (Å²) in [6, 6.07) is 12.7. The van der Waals surface area contributed by atoms with E-state index in [9.17, 15) is 18.0 Å². The third-order valence-corrected chi connectivity index (χ3v) is 3.60. The Labute approximate surface area is 138 Å². The number of nitrogens with one attached hydrogen (secondary N) is 1. The number of ether oxygens (including phenoxy) is 1. The minimum Gasteiger partial charge on any atom is -0.406 e. The molecule has 24 heavy (non-hydrogen) atoms. The molecule has 2 rings (SSSR count). The highest BCUT2D eigenvalue weighted by Gasteiger charge is 2.31. The van der Waals surface area contributed by atoms with E-state index in [0.29, 0.717) is 5.56 Å². The van der Waals surface area contributed by atoms with E-state index in [1.807, 2.05) is 31.2 Å². The van der Waals surface area contributed by atoms with Gasteiger partial charge >= 0.3 is 6.36 Å². The SMILES string of the molecule is Cc1ccccc1CC(=O)NC(C)c1ccc(OC(F)(F)F)cc1. The van der Waals surface area contributed by atoms with E-state index in [-0.39, 0.29) is 24.1 Å². The zero-order valence-corrected chi connectivity index (χ0v) is 13.4. The van der Waals surface area contributed by atoms with E-state index < -0.39 is 6.36 Å². The van der Waals surface area contributed by atoms with Crippen molar-refractivity contribution in [3.8, 4) is 5.75 Å². The summed E-state index contributed by atoms with van der Waals surface area (Å²) in [5, 5.41) is 2.84. The van der Waals surface area contributed by atoms with Crippen LogP contribution in [-0.2, 0) is 11.2 Å². The number of carbonyl (C=O) groups is 1. The molecule has 0 aliphatic heterocycles. The van der Waals surface area contributed by atoms with Crippen LogP contribution in [0.5, 0.6) is 5.75 Å². The molecule has 0 aromatic heterocycles. The van der Waals surface area contributed by atoms with Gasteiger partial charge in [0, 0.05) is 0 Å². The fraction of sp³-hybridized carbons (Fsp3) is 0.278. The second kappa shape index (κ2) is 7.38. The van der Waals surface area contributed by atoms with Gasteiger partial charge in [0.25, 0.3) is 0 Å². The average molecular weight is 337 g/mol. The summed E-state index contributed by atoms with van der Waals surface area (Å²) in [6.45, 7) is 3.71. The van der Waals surface area contributed by atoms with Gasteiger partial charge in [-0.05, 0) is 42.7 Å². The monoisotopic (exact) mass is 337 g/mol. The van der Waals surface area contributed by atoms with Crippen molar-refractivity contribution >= 4 is 5.91 Å². The van der Waals surface area contributed by atoms with E-state index in [0.717, 1.165) is 11.1 Å². The van der Waals surface area contributed by atoms with E-state index in [4.69, 9.17) is 0 Å². The number of alkyl halides is 3. The normalized spacial score (nSPS) is 12.5. The first-order valence-corrected chi connectivity index (χ1v) is 7.44. The molecule has 128 valence electrons. The highest BCUT2D eigenvalue weighted by Crippen LogP contribution is 2.24. The third-order valence-electron chi connectivity index (χ3n) is 3.60. The quantitative estimate of drug-likeness (QED) is 0.883. The molecule has 1 amide bonds. The fourth-order valence-electron chi connectivity index (χ4n) is 2.32. The van der Waals surface area contributed by atoms with Gasteiger partial charge in [-0.2, -0.15) is 0 Å². The van der Waals surface area contributed by atoms with Crippen molar-refractivity contribution in [1.29, 1.82) is 0 Å². The molecule has 2 aromatic rings. The van der Waals surface area contributed by atoms with Gasteiger partial charge < -0.3 is 10.1 Å². The van der Waals surface area contributed by atoms with Crippen LogP contribution in [0, 0.1) is 6.92 Å². The maximum Gasteiger partial charge on any atom is 0.573 e. The first-order valence-electron chi connectivity index (χ1n) is 7.44. The molecule has 0 heterocycles. The number of halogens is 3. The number of hydrogen-bond acceptors (Lipinski definition) is 2. The zero-order chi connectivity index (χ0) is 17.7. The molecule has 0 spiro atoms. The molecule has 0 saturated heterocycles. The number of amides is 1. The lowest BCUT2D eigenvalue weighted by Gasteiger charge is -2.16. The lowest BCUT2D eigenvalue weighted by molar-refractivity contribution is -0.274. The molecular formula is C18H18F3NO2. The smallest absolute Gasteiger partial charge is 0.406 e. The Morgan fingerprint density at radius 2 is 1.75 bits per heavy atom. The second-order valence-electron chi connectivity index (χ2n) is 5.51. The van der Waals surface area contributed by atoms with E-state index >= 15 is 0 Å². The predicted molar refractivity (Wildman–Crippen MR) is 84.6 cm³/mol. The molecule has 3 nitrogen and oxygen atoms in total. The lowest BCUT2D eigenvalue weighted by atomic mass is 10.0. The molecule has 0 saturated carbocycles. The molecule has 0 radical (unpaired) electrons. The minimum absolute atomic E-state index is 0.146. The molecule has 0 bridgehead atoms. The van der Waals surface area contributed by atoms with Gasteiger partial charge in [0.15, 0.2) is 0 Å². The Morgan fingerprint density at radius 1 is 1.12 bits per heavy atom. The number of aryl methyl sites for hydroxylation is 1. The van der Waals surface area contributed by atoms with Crippen LogP contribution in [0.1, 0.15) is 29.7 Å². The first kappa shape index (κ1) is 17.8. The summed E-state index contributed by atoms with van der Waals surface area (Å²) < 4.78 is 40.2. The molecule has 0 aliphatic carbocycles. The standard InChI is InChI=1S/C18H18F3NO2/c1-12-5-3-4-6-15(12)11-17(23)22-13(2)14-7-9-16(10-8-14)24-18(19,20)21/h3-10,13H,11H2,1-2H3,(H,22,23). The molecule has 1 N–H and O–H groups in total. The Bertz CT molecular complexity index is 696. The van der Waals surface area contributed by atoms with E-state index in [2.05, 4.69) is 10.1 Å². The minimum atomic E-state index is -4.71. The summed E-state index contributed by atoms with van der Waals surface area (Å²) >= 11 is 0. The van der Waals surface area contributed by atoms with Crippen molar-refractivity contribution < 1.29 is 22.7 Å². The van der Waals surface area contributed by atoms with Crippen molar-refractivity contribution in [3.63, 3.8) is 0 Å². The Hall–Kier alpha value is -2.50. The van der Waals surface area contributed by atoms with Crippen molar-refractivity contribution in [1.82, 2.24) is 5.32 Å². The van der Waals surface area contributed by atoms with Gasteiger partial charge in [-0.1, -0.05) is 36.4 Å². The lowest BCUT2D eigenvalue weighted by Crippen LogP contribution is -2.28. The molecule has 6 heteroatoms. The van der Waals surface area contributed by atoms with Gasteiger partial charge in [0.2, 0.25) is 5.91 Å². The van der Waals surface area contributed by atoms with Crippen LogP contribution >= 0.6 is 0 Å². The summed E-state index contributed by atoms with van der Waals surface area (Å²) in [4.78, 5) is 12.1. The third kappa shape index (κ3) is 5.30. The van der Waals surface area contributed by atoms with E-state index in [1.54, 1.807) is 6.92 Å². The summed E-state index contributed by atoms with van der Waals surface area (Å²) in [5.41, 5.74) is 2.67. The van der Waals surface area contributed by atoms with Crippen molar-refractivity contribution in [2.45, 2.75) is 32.7 Å². The molecule has 1 unspecified atom stereocenters. The zero-order valence-electron chi connectivity index (χ0n) is 13.4. The second-order valence-corrected chi connectivity index (χ2v) is 5.51. The van der Waals surface area contributed by atoms with Crippen LogP contribution in [0.3, 0.4) is 0 Å². The predicted octanol–water partition coefficient (Wildman–Crippen LogP) is 4.31. The fourth-order valence-corrected chi connectivity index (χ4v) is 2.32. The highest BCUT2D eigenvalue weighted by molar-refractivity contribution is 5.79.